The fourth-order valence-electron chi connectivity index (χ4n) is 2.62. The Morgan fingerprint density at radius 1 is 1.48 bits per heavy atom. The molecule has 21 heavy (non-hydrogen) atoms. The van der Waals surface area contributed by atoms with Crippen LogP contribution in [0.1, 0.15) is 6.42 Å². The summed E-state index contributed by atoms with van der Waals surface area (Å²) in [6, 6.07) is 1.74. The molecule has 1 unspecified atom stereocenters. The van der Waals surface area contributed by atoms with Crippen molar-refractivity contribution in [1.82, 2.24) is 15.3 Å². The monoisotopic (exact) mass is 316 g/mol. The van der Waals surface area contributed by atoms with Crippen LogP contribution in [0.3, 0.4) is 0 Å². The smallest absolute Gasteiger partial charge is 0.250 e. The fourth-order valence-corrected chi connectivity index (χ4v) is 2.79. The fraction of sp³-hybridized carbons (Fsp3) is 0.538. The van der Waals surface area contributed by atoms with Gasteiger partial charge in [-0.05, 0) is 30.5 Å². The second-order valence-corrected chi connectivity index (χ2v) is 5.44. The van der Waals surface area contributed by atoms with E-state index in [1.54, 1.807) is 12.3 Å². The van der Waals surface area contributed by atoms with E-state index in [9.17, 15) is 8.78 Å². The Morgan fingerprint density at radius 2 is 2.33 bits per heavy atom. The standard InChI is InChI=1S/C13H15ClF2N4O/c14-13-18-9-2-4-21-11(9)12(19-13)20-3-1-8(7-20)5-17-6-10(15)16/h2,4,8,10,17H,1,3,5-7H2. The molecule has 2 aromatic heterocycles. The molecular weight excluding hydrogens is 302 g/mol. The highest BCUT2D eigenvalue weighted by atomic mass is 35.5. The van der Waals surface area contributed by atoms with Crippen molar-refractivity contribution in [2.24, 2.45) is 5.92 Å². The zero-order valence-corrected chi connectivity index (χ0v) is 12.0. The van der Waals surface area contributed by atoms with Gasteiger partial charge in [-0.1, -0.05) is 0 Å². The summed E-state index contributed by atoms with van der Waals surface area (Å²) in [4.78, 5) is 10.4. The van der Waals surface area contributed by atoms with E-state index in [0.717, 1.165) is 19.5 Å². The molecule has 1 fully saturated rings. The van der Waals surface area contributed by atoms with Crippen LogP contribution in [0.25, 0.3) is 11.1 Å². The van der Waals surface area contributed by atoms with Gasteiger partial charge in [0.1, 0.15) is 5.52 Å². The van der Waals surface area contributed by atoms with Gasteiger partial charge < -0.3 is 14.6 Å². The number of alkyl halides is 2. The molecule has 0 bridgehead atoms. The number of rotatable bonds is 5. The molecule has 1 N–H and O–H groups in total. The molecule has 114 valence electrons. The van der Waals surface area contributed by atoms with Gasteiger partial charge in [-0.15, -0.1) is 0 Å². The SMILES string of the molecule is FC(F)CNCC1CCN(c2nc(Cl)nc3ccoc23)C1. The highest BCUT2D eigenvalue weighted by molar-refractivity contribution is 6.28. The first-order valence-electron chi connectivity index (χ1n) is 6.78. The van der Waals surface area contributed by atoms with Crippen molar-refractivity contribution < 1.29 is 13.2 Å². The van der Waals surface area contributed by atoms with Gasteiger partial charge in [-0.3, -0.25) is 0 Å². The van der Waals surface area contributed by atoms with Gasteiger partial charge >= 0.3 is 0 Å². The number of hydrogen-bond acceptors (Lipinski definition) is 5. The molecule has 1 aliphatic rings. The molecule has 3 heterocycles. The number of furan rings is 1. The number of nitrogens with zero attached hydrogens (tertiary/aromatic N) is 3. The minimum absolute atomic E-state index is 0.179. The first-order chi connectivity index (χ1) is 10.1. The second kappa shape index (κ2) is 6.11. The molecule has 0 saturated carbocycles. The summed E-state index contributed by atoms with van der Waals surface area (Å²) in [6.45, 7) is 1.84. The number of hydrogen-bond donors (Lipinski definition) is 1. The van der Waals surface area contributed by atoms with Gasteiger partial charge in [0.05, 0.1) is 12.8 Å². The zero-order chi connectivity index (χ0) is 14.8. The quantitative estimate of drug-likeness (QED) is 0.859. The molecule has 2 aromatic rings. The van der Waals surface area contributed by atoms with E-state index in [-0.39, 0.29) is 11.8 Å². The lowest BCUT2D eigenvalue weighted by Gasteiger charge is -2.17. The maximum Gasteiger partial charge on any atom is 0.250 e. The molecule has 0 spiro atoms. The Hall–Kier alpha value is -1.47. The van der Waals surface area contributed by atoms with Gasteiger partial charge in [0, 0.05) is 19.2 Å². The van der Waals surface area contributed by atoms with Crippen LogP contribution in [0.2, 0.25) is 5.28 Å². The number of anilines is 1. The largest absolute Gasteiger partial charge is 0.459 e. The Kier molecular flexibility index (Phi) is 4.21. The normalized spacial score (nSPS) is 19.0. The van der Waals surface area contributed by atoms with Crippen molar-refractivity contribution in [1.29, 1.82) is 0 Å². The molecule has 1 atom stereocenters. The zero-order valence-electron chi connectivity index (χ0n) is 11.2. The maximum absolute atomic E-state index is 12.1. The number of halogens is 3. The van der Waals surface area contributed by atoms with Crippen molar-refractivity contribution in [3.05, 3.63) is 17.6 Å². The van der Waals surface area contributed by atoms with Crippen LogP contribution < -0.4 is 10.2 Å². The Balaban J connectivity index is 1.69. The minimum Gasteiger partial charge on any atom is -0.459 e. The van der Waals surface area contributed by atoms with Gasteiger partial charge in [-0.25, -0.2) is 13.8 Å². The second-order valence-electron chi connectivity index (χ2n) is 5.10. The van der Waals surface area contributed by atoms with Crippen LogP contribution >= 0.6 is 11.6 Å². The Bertz CT molecular complexity index is 621. The van der Waals surface area contributed by atoms with E-state index in [4.69, 9.17) is 16.0 Å². The van der Waals surface area contributed by atoms with Crippen LogP contribution in [0.5, 0.6) is 0 Å². The third kappa shape index (κ3) is 3.24. The van der Waals surface area contributed by atoms with E-state index < -0.39 is 6.43 Å². The van der Waals surface area contributed by atoms with Crippen molar-refractivity contribution >= 4 is 28.5 Å². The molecule has 3 rings (SSSR count). The third-order valence-electron chi connectivity index (χ3n) is 3.58. The molecule has 8 heteroatoms. The number of nitrogens with one attached hydrogen (secondary N) is 1. The summed E-state index contributed by atoms with van der Waals surface area (Å²) in [5, 5.41) is 2.96. The summed E-state index contributed by atoms with van der Waals surface area (Å²) in [6.07, 6.45) is 0.155. The van der Waals surface area contributed by atoms with E-state index in [2.05, 4.69) is 20.2 Å². The molecule has 0 aromatic carbocycles. The first-order valence-corrected chi connectivity index (χ1v) is 7.16. The molecule has 1 saturated heterocycles. The van der Waals surface area contributed by atoms with Gasteiger partial charge in [-0.2, -0.15) is 4.98 Å². The minimum atomic E-state index is -2.31. The van der Waals surface area contributed by atoms with E-state index in [1.807, 2.05) is 0 Å². The molecule has 5 nitrogen and oxygen atoms in total. The summed E-state index contributed by atoms with van der Waals surface area (Å²) >= 11 is 5.93. The van der Waals surface area contributed by atoms with Crippen LogP contribution in [-0.2, 0) is 0 Å². The Morgan fingerprint density at radius 3 is 3.14 bits per heavy atom. The van der Waals surface area contributed by atoms with Crippen LogP contribution in [0.15, 0.2) is 16.7 Å². The predicted molar refractivity (Wildman–Crippen MR) is 76.0 cm³/mol. The lowest BCUT2D eigenvalue weighted by Crippen LogP contribution is -2.29. The highest BCUT2D eigenvalue weighted by Crippen LogP contribution is 2.30. The van der Waals surface area contributed by atoms with Crippen molar-refractivity contribution in [2.75, 3.05) is 31.1 Å². The summed E-state index contributed by atoms with van der Waals surface area (Å²) in [5.74, 6) is 0.980. The molecular formula is C13H15ClF2N4O. The van der Waals surface area contributed by atoms with Gasteiger partial charge in [0.25, 0.3) is 6.43 Å². The Labute approximate surface area is 125 Å². The molecule has 0 radical (unpaired) electrons. The molecule has 0 amide bonds. The van der Waals surface area contributed by atoms with E-state index in [0.29, 0.717) is 29.4 Å². The first kappa shape index (κ1) is 14.5. The van der Waals surface area contributed by atoms with E-state index >= 15 is 0 Å². The summed E-state index contributed by atoms with van der Waals surface area (Å²) < 4.78 is 29.7. The lowest BCUT2D eigenvalue weighted by molar-refractivity contribution is 0.144. The molecule has 0 aliphatic carbocycles. The average molecular weight is 317 g/mol. The average Bonchev–Trinajstić information content (AvgIpc) is 3.05. The maximum atomic E-state index is 12.1. The van der Waals surface area contributed by atoms with E-state index in [1.165, 1.54) is 0 Å². The topological polar surface area (TPSA) is 54.2 Å². The third-order valence-corrected chi connectivity index (χ3v) is 3.74. The summed E-state index contributed by atoms with van der Waals surface area (Å²) in [7, 11) is 0. The van der Waals surface area contributed by atoms with Crippen LogP contribution in [0, 0.1) is 5.92 Å². The molecule has 1 aliphatic heterocycles. The predicted octanol–water partition coefficient (Wildman–Crippen LogP) is 2.56. The van der Waals surface area contributed by atoms with Crippen molar-refractivity contribution in [3.8, 4) is 0 Å². The van der Waals surface area contributed by atoms with Gasteiger partial charge in [0.15, 0.2) is 11.4 Å². The lowest BCUT2D eigenvalue weighted by atomic mass is 10.1. The van der Waals surface area contributed by atoms with Crippen LogP contribution in [-0.4, -0.2) is 42.6 Å². The van der Waals surface area contributed by atoms with Crippen molar-refractivity contribution in [2.45, 2.75) is 12.8 Å². The summed E-state index contributed by atoms with van der Waals surface area (Å²) in [5.41, 5.74) is 1.28. The van der Waals surface area contributed by atoms with Gasteiger partial charge in [0.2, 0.25) is 5.28 Å². The number of aromatic nitrogens is 2. The highest BCUT2D eigenvalue weighted by Gasteiger charge is 2.26. The van der Waals surface area contributed by atoms with Crippen molar-refractivity contribution in [3.63, 3.8) is 0 Å². The van der Waals surface area contributed by atoms with Crippen LogP contribution in [0.4, 0.5) is 14.6 Å². The number of fused-ring (bicyclic) bond motifs is 1.